The van der Waals surface area contributed by atoms with Crippen molar-refractivity contribution in [3.05, 3.63) is 82.9 Å². The minimum absolute atomic E-state index is 0.114. The smallest absolute Gasteiger partial charge is 0.255 e. The number of ether oxygens (including phenoxy) is 2. The number of sulfonamides is 1. The second-order valence-corrected chi connectivity index (χ2v) is 9.60. The van der Waals surface area contributed by atoms with Gasteiger partial charge in [0.2, 0.25) is 10.0 Å². The van der Waals surface area contributed by atoms with Crippen molar-refractivity contribution in [2.75, 3.05) is 29.1 Å². The fourth-order valence-electron chi connectivity index (χ4n) is 3.28. The highest BCUT2D eigenvalue weighted by atomic mass is 35.5. The Morgan fingerprint density at radius 1 is 1.00 bits per heavy atom. The van der Waals surface area contributed by atoms with Crippen LogP contribution in [0.5, 0.6) is 11.5 Å². The van der Waals surface area contributed by atoms with Crippen LogP contribution in [0.4, 0.5) is 11.4 Å². The van der Waals surface area contributed by atoms with Gasteiger partial charge in [-0.1, -0.05) is 29.8 Å². The van der Waals surface area contributed by atoms with E-state index in [-0.39, 0.29) is 12.5 Å². The van der Waals surface area contributed by atoms with Gasteiger partial charge < -0.3 is 14.8 Å². The number of amides is 1. The number of nitrogens with zero attached hydrogens (tertiary/aromatic N) is 1. The Kier molecular flexibility index (Phi) is 6.25. The minimum atomic E-state index is -3.53. The van der Waals surface area contributed by atoms with E-state index in [0.29, 0.717) is 46.7 Å². The van der Waals surface area contributed by atoms with Gasteiger partial charge in [-0.3, -0.25) is 9.10 Å². The van der Waals surface area contributed by atoms with E-state index in [0.717, 1.165) is 11.8 Å². The number of rotatable bonds is 6. The van der Waals surface area contributed by atoms with Crippen molar-refractivity contribution in [2.45, 2.75) is 6.54 Å². The number of nitrogens with one attached hydrogen (secondary N) is 1. The predicted molar refractivity (Wildman–Crippen MR) is 124 cm³/mol. The first-order valence-electron chi connectivity index (χ1n) is 9.83. The molecule has 0 aliphatic carbocycles. The van der Waals surface area contributed by atoms with Gasteiger partial charge in [-0.2, -0.15) is 0 Å². The molecule has 0 aromatic heterocycles. The summed E-state index contributed by atoms with van der Waals surface area (Å²) in [7, 11) is -3.53. The van der Waals surface area contributed by atoms with Gasteiger partial charge in [-0.05, 0) is 48.0 Å². The first kappa shape index (κ1) is 22.0. The lowest BCUT2D eigenvalue weighted by molar-refractivity contribution is 0.102. The molecule has 0 spiro atoms. The molecule has 0 atom stereocenters. The van der Waals surface area contributed by atoms with Crippen molar-refractivity contribution in [2.24, 2.45) is 0 Å². The summed E-state index contributed by atoms with van der Waals surface area (Å²) in [6.45, 7) is 1.08. The van der Waals surface area contributed by atoms with E-state index in [2.05, 4.69) is 5.32 Å². The van der Waals surface area contributed by atoms with E-state index in [4.69, 9.17) is 21.1 Å². The number of halogens is 1. The zero-order valence-electron chi connectivity index (χ0n) is 17.2. The van der Waals surface area contributed by atoms with E-state index in [1.165, 1.54) is 4.31 Å². The second kappa shape index (κ2) is 9.10. The molecule has 9 heteroatoms. The molecule has 1 amide bonds. The van der Waals surface area contributed by atoms with E-state index in [9.17, 15) is 13.2 Å². The fourth-order valence-corrected chi connectivity index (χ4v) is 4.35. The average Bonchev–Trinajstić information content (AvgIpc) is 2.77. The van der Waals surface area contributed by atoms with Gasteiger partial charge in [-0.25, -0.2) is 8.42 Å². The van der Waals surface area contributed by atoms with Crippen molar-refractivity contribution in [3.63, 3.8) is 0 Å². The zero-order chi connectivity index (χ0) is 22.7. The number of hydrogen-bond donors (Lipinski definition) is 1. The topological polar surface area (TPSA) is 84.9 Å². The Balaban J connectivity index is 1.48. The van der Waals surface area contributed by atoms with Crippen molar-refractivity contribution < 1.29 is 22.7 Å². The van der Waals surface area contributed by atoms with Gasteiger partial charge in [0.25, 0.3) is 5.91 Å². The van der Waals surface area contributed by atoms with Crippen LogP contribution in [0.15, 0.2) is 66.7 Å². The molecular weight excluding hydrogens is 452 g/mol. The highest BCUT2D eigenvalue weighted by molar-refractivity contribution is 7.92. The van der Waals surface area contributed by atoms with Gasteiger partial charge in [0.1, 0.15) is 13.2 Å². The number of fused-ring (bicyclic) bond motifs is 1. The van der Waals surface area contributed by atoms with Crippen LogP contribution in [0.1, 0.15) is 15.9 Å². The molecule has 0 saturated heterocycles. The molecule has 3 aromatic rings. The number of carbonyl (C=O) groups is 1. The average molecular weight is 473 g/mol. The Morgan fingerprint density at radius 3 is 2.41 bits per heavy atom. The SMILES string of the molecule is CS(=O)(=O)N(Cc1ccc(C(=O)Nc2ccc3c(c2)OCCO3)cc1)c1cccc(Cl)c1. The van der Waals surface area contributed by atoms with Crippen LogP contribution in [0.25, 0.3) is 0 Å². The largest absolute Gasteiger partial charge is 0.486 e. The number of carbonyl (C=O) groups excluding carboxylic acids is 1. The quantitative estimate of drug-likeness (QED) is 0.577. The monoisotopic (exact) mass is 472 g/mol. The van der Waals surface area contributed by atoms with Crippen molar-refractivity contribution in [3.8, 4) is 11.5 Å². The van der Waals surface area contributed by atoms with Crippen LogP contribution in [0.2, 0.25) is 5.02 Å². The van der Waals surface area contributed by atoms with Gasteiger partial charge in [0, 0.05) is 22.3 Å². The molecule has 7 nitrogen and oxygen atoms in total. The molecule has 1 heterocycles. The summed E-state index contributed by atoms with van der Waals surface area (Å²) < 4.78 is 36.9. The van der Waals surface area contributed by atoms with Gasteiger partial charge >= 0.3 is 0 Å². The summed E-state index contributed by atoms with van der Waals surface area (Å²) >= 11 is 6.02. The van der Waals surface area contributed by atoms with Crippen molar-refractivity contribution in [1.29, 1.82) is 0 Å². The molecule has 32 heavy (non-hydrogen) atoms. The zero-order valence-corrected chi connectivity index (χ0v) is 18.8. The minimum Gasteiger partial charge on any atom is -0.486 e. The van der Waals surface area contributed by atoms with Crippen LogP contribution < -0.4 is 19.1 Å². The molecular formula is C23H21ClN2O5S. The predicted octanol–water partition coefficient (Wildman–Crippen LogP) is 4.33. The lowest BCUT2D eigenvalue weighted by atomic mass is 10.1. The van der Waals surface area contributed by atoms with E-state index in [1.54, 1.807) is 66.7 Å². The van der Waals surface area contributed by atoms with E-state index < -0.39 is 10.0 Å². The Labute approximate surface area is 191 Å². The van der Waals surface area contributed by atoms with Crippen LogP contribution in [-0.4, -0.2) is 33.8 Å². The first-order valence-corrected chi connectivity index (χ1v) is 12.1. The normalized spacial score (nSPS) is 12.8. The van der Waals surface area contributed by atoms with Crippen molar-refractivity contribution in [1.82, 2.24) is 0 Å². The van der Waals surface area contributed by atoms with E-state index in [1.807, 2.05) is 0 Å². The molecule has 0 bridgehead atoms. The molecule has 0 unspecified atom stereocenters. The molecule has 1 aliphatic rings. The fraction of sp³-hybridized carbons (Fsp3) is 0.174. The molecule has 0 saturated carbocycles. The molecule has 4 rings (SSSR count). The summed E-state index contributed by atoms with van der Waals surface area (Å²) in [5.41, 5.74) is 2.23. The molecule has 166 valence electrons. The van der Waals surface area contributed by atoms with Gasteiger partial charge in [0.15, 0.2) is 11.5 Å². The summed E-state index contributed by atoms with van der Waals surface area (Å²) in [6, 6.07) is 18.6. The second-order valence-electron chi connectivity index (χ2n) is 7.26. The third-order valence-corrected chi connectivity index (χ3v) is 6.21. The third kappa shape index (κ3) is 5.15. The lowest BCUT2D eigenvalue weighted by Crippen LogP contribution is -2.29. The van der Waals surface area contributed by atoms with Crippen LogP contribution >= 0.6 is 11.6 Å². The summed E-state index contributed by atoms with van der Waals surface area (Å²) in [6.07, 6.45) is 1.14. The maximum absolute atomic E-state index is 12.6. The van der Waals surface area contributed by atoms with Crippen LogP contribution in [0.3, 0.4) is 0 Å². The maximum Gasteiger partial charge on any atom is 0.255 e. The molecule has 3 aromatic carbocycles. The highest BCUT2D eigenvalue weighted by Gasteiger charge is 2.19. The number of anilines is 2. The van der Waals surface area contributed by atoms with E-state index >= 15 is 0 Å². The maximum atomic E-state index is 12.6. The third-order valence-electron chi connectivity index (χ3n) is 4.84. The lowest BCUT2D eigenvalue weighted by Gasteiger charge is -2.23. The molecule has 1 aliphatic heterocycles. The Hall–Kier alpha value is -3.23. The molecule has 0 radical (unpaired) electrons. The molecule has 1 N–H and O–H groups in total. The van der Waals surface area contributed by atoms with Gasteiger partial charge in [-0.15, -0.1) is 0 Å². The standard InChI is InChI=1S/C23H21ClN2O5S/c1-32(28,29)26(20-4-2-3-18(24)13-20)15-16-5-7-17(8-6-16)23(27)25-19-9-10-21-22(14-19)31-12-11-30-21/h2-10,13-14H,11-12,15H2,1H3,(H,25,27). The summed E-state index contributed by atoms with van der Waals surface area (Å²) in [5.74, 6) is 0.947. The summed E-state index contributed by atoms with van der Waals surface area (Å²) in [5, 5.41) is 3.28. The number of benzene rings is 3. The highest BCUT2D eigenvalue weighted by Crippen LogP contribution is 2.32. The Morgan fingerprint density at radius 2 is 1.72 bits per heavy atom. The Bertz CT molecular complexity index is 1250. The first-order chi connectivity index (χ1) is 15.3. The van der Waals surface area contributed by atoms with Crippen molar-refractivity contribution >= 4 is 38.9 Å². The van der Waals surface area contributed by atoms with Crippen LogP contribution in [0, 0.1) is 0 Å². The van der Waals surface area contributed by atoms with Crippen LogP contribution in [-0.2, 0) is 16.6 Å². The number of hydrogen-bond acceptors (Lipinski definition) is 5. The van der Waals surface area contributed by atoms with Gasteiger partial charge in [0.05, 0.1) is 18.5 Å². The molecule has 0 fully saturated rings. The summed E-state index contributed by atoms with van der Waals surface area (Å²) in [4.78, 5) is 12.6.